The highest BCUT2D eigenvalue weighted by atomic mass is 32.2. The lowest BCUT2D eigenvalue weighted by atomic mass is 10.0. The molecule has 0 aliphatic carbocycles. The maximum absolute atomic E-state index is 12.8. The maximum atomic E-state index is 12.8. The smallest absolute Gasteiger partial charge is 0.243 e. The van der Waals surface area contributed by atoms with Crippen molar-refractivity contribution < 1.29 is 23.1 Å². The molecular weight excluding hydrogens is 402 g/mol. The van der Waals surface area contributed by atoms with Gasteiger partial charge in [-0.3, -0.25) is 9.59 Å². The van der Waals surface area contributed by atoms with Gasteiger partial charge in [-0.05, 0) is 36.1 Å². The van der Waals surface area contributed by atoms with Gasteiger partial charge >= 0.3 is 0 Å². The van der Waals surface area contributed by atoms with Crippen molar-refractivity contribution in [3.8, 4) is 0 Å². The molecule has 6 nitrogen and oxygen atoms in total. The molecule has 2 aromatic carbocycles. The van der Waals surface area contributed by atoms with Crippen LogP contribution in [0.4, 0.5) is 0 Å². The van der Waals surface area contributed by atoms with Crippen molar-refractivity contribution in [3.63, 3.8) is 0 Å². The predicted molar refractivity (Wildman–Crippen MR) is 114 cm³/mol. The van der Waals surface area contributed by atoms with Crippen molar-refractivity contribution in [1.82, 2.24) is 4.31 Å². The first kappa shape index (κ1) is 22.3. The van der Waals surface area contributed by atoms with E-state index < -0.39 is 10.0 Å². The van der Waals surface area contributed by atoms with Crippen LogP contribution in [0.25, 0.3) is 0 Å². The van der Waals surface area contributed by atoms with Crippen LogP contribution < -0.4 is 0 Å². The Balaban J connectivity index is 1.62. The largest absolute Gasteiger partial charge is 0.395 e. The molecule has 3 rings (SSSR count). The Morgan fingerprint density at radius 2 is 1.57 bits per heavy atom. The van der Waals surface area contributed by atoms with Crippen LogP contribution in [0.2, 0.25) is 0 Å². The number of aliphatic hydroxyl groups is 1. The first-order valence-corrected chi connectivity index (χ1v) is 11.6. The van der Waals surface area contributed by atoms with E-state index in [9.17, 15) is 23.1 Å². The summed E-state index contributed by atoms with van der Waals surface area (Å²) in [6, 6.07) is 13.1. The number of carbonyl (C=O) groups excluding carboxylic acids is 2. The Bertz CT molecular complexity index is 997. The highest BCUT2D eigenvalue weighted by molar-refractivity contribution is 7.89. The van der Waals surface area contributed by atoms with Crippen molar-refractivity contribution >= 4 is 21.6 Å². The summed E-state index contributed by atoms with van der Waals surface area (Å²) in [5, 5.41) is 9.41. The summed E-state index contributed by atoms with van der Waals surface area (Å²) in [4.78, 5) is 24.3. The monoisotopic (exact) mass is 429 g/mol. The number of aliphatic hydroxyl groups excluding tert-OH is 1. The molecule has 0 bridgehead atoms. The quantitative estimate of drug-likeness (QED) is 0.619. The minimum atomic E-state index is -3.65. The molecule has 1 fully saturated rings. The van der Waals surface area contributed by atoms with Crippen molar-refractivity contribution in [3.05, 3.63) is 65.2 Å². The van der Waals surface area contributed by atoms with Gasteiger partial charge in [0, 0.05) is 37.4 Å². The number of rotatable bonds is 9. The van der Waals surface area contributed by atoms with E-state index in [0.717, 1.165) is 17.5 Å². The predicted octanol–water partition coefficient (Wildman–Crippen LogP) is 2.78. The average Bonchev–Trinajstić information content (AvgIpc) is 3.24. The summed E-state index contributed by atoms with van der Waals surface area (Å²) >= 11 is 0. The summed E-state index contributed by atoms with van der Waals surface area (Å²) < 4.78 is 27.0. The second-order valence-corrected chi connectivity index (χ2v) is 9.49. The third-order valence-electron chi connectivity index (χ3n) is 5.46. The average molecular weight is 430 g/mol. The molecule has 0 aromatic heterocycles. The lowest BCUT2D eigenvalue weighted by Gasteiger charge is -2.22. The molecule has 1 saturated heterocycles. The molecule has 0 saturated carbocycles. The van der Waals surface area contributed by atoms with E-state index >= 15 is 0 Å². The molecule has 1 aliphatic rings. The van der Waals surface area contributed by atoms with Crippen LogP contribution in [0.15, 0.2) is 53.4 Å². The van der Waals surface area contributed by atoms with E-state index in [4.69, 9.17) is 0 Å². The molecule has 0 unspecified atom stereocenters. The number of benzene rings is 2. The molecule has 160 valence electrons. The van der Waals surface area contributed by atoms with Crippen LogP contribution in [0.5, 0.6) is 0 Å². The van der Waals surface area contributed by atoms with Crippen LogP contribution in [-0.4, -0.2) is 48.6 Å². The van der Waals surface area contributed by atoms with Crippen LogP contribution in [0, 0.1) is 0 Å². The molecule has 1 atom stereocenters. The highest BCUT2D eigenvalue weighted by Gasteiger charge is 2.34. The van der Waals surface area contributed by atoms with Gasteiger partial charge in [-0.1, -0.05) is 43.3 Å². The standard InChI is InChI=1S/C23H27NO5S/c1-2-23(27)19-9-5-17(6-10-19)14-21(26)15-18-7-11-22(12-8-18)30(28,29)24-13-3-4-20(24)16-25/h5-12,20,25H,2-4,13-16H2,1H3/t20-/m1/s1. The van der Waals surface area contributed by atoms with Crippen LogP contribution in [0.1, 0.15) is 47.7 Å². The number of hydrogen-bond acceptors (Lipinski definition) is 5. The molecule has 0 spiro atoms. The van der Waals surface area contributed by atoms with Gasteiger partial charge in [0.05, 0.1) is 11.5 Å². The lowest BCUT2D eigenvalue weighted by molar-refractivity contribution is -0.117. The maximum Gasteiger partial charge on any atom is 0.243 e. The van der Waals surface area contributed by atoms with Gasteiger partial charge in [-0.2, -0.15) is 4.31 Å². The van der Waals surface area contributed by atoms with E-state index in [1.54, 1.807) is 36.4 Å². The fraction of sp³-hybridized carbons (Fsp3) is 0.391. The number of Topliss-reactive ketones (excluding diaryl/α,β-unsaturated/α-hetero) is 2. The van der Waals surface area contributed by atoms with Gasteiger partial charge in [-0.15, -0.1) is 0 Å². The fourth-order valence-corrected chi connectivity index (χ4v) is 5.44. The van der Waals surface area contributed by atoms with Gasteiger partial charge in [0.15, 0.2) is 5.78 Å². The molecule has 7 heteroatoms. The van der Waals surface area contributed by atoms with E-state index in [2.05, 4.69) is 0 Å². The Labute approximate surface area is 177 Å². The first-order valence-electron chi connectivity index (χ1n) is 10.2. The fourth-order valence-electron chi connectivity index (χ4n) is 3.75. The van der Waals surface area contributed by atoms with E-state index in [0.29, 0.717) is 24.9 Å². The number of carbonyl (C=O) groups is 2. The number of nitrogens with zero attached hydrogens (tertiary/aromatic N) is 1. The summed E-state index contributed by atoms with van der Waals surface area (Å²) in [5.74, 6) is 0.0854. The molecule has 0 radical (unpaired) electrons. The highest BCUT2D eigenvalue weighted by Crippen LogP contribution is 2.26. The molecule has 2 aromatic rings. The van der Waals surface area contributed by atoms with Gasteiger partial charge < -0.3 is 5.11 Å². The minimum Gasteiger partial charge on any atom is -0.395 e. The van der Waals surface area contributed by atoms with Crippen LogP contribution in [-0.2, 0) is 27.7 Å². The molecule has 30 heavy (non-hydrogen) atoms. The van der Waals surface area contributed by atoms with Gasteiger partial charge in [0.25, 0.3) is 0 Å². The first-order chi connectivity index (χ1) is 14.3. The molecule has 1 aliphatic heterocycles. The normalized spacial score (nSPS) is 17.2. The Morgan fingerprint density at radius 1 is 1.00 bits per heavy atom. The van der Waals surface area contributed by atoms with Gasteiger partial charge in [0.1, 0.15) is 5.78 Å². The Hall–Kier alpha value is -2.35. The summed E-state index contributed by atoms with van der Waals surface area (Å²) in [6.07, 6.45) is 2.31. The van der Waals surface area contributed by atoms with Crippen molar-refractivity contribution in [1.29, 1.82) is 0 Å². The molecule has 1 heterocycles. The summed E-state index contributed by atoms with van der Waals surface area (Å²) in [5.41, 5.74) is 2.24. The topological polar surface area (TPSA) is 91.8 Å². The zero-order valence-corrected chi connectivity index (χ0v) is 17.9. The molecule has 0 amide bonds. The number of hydrogen-bond donors (Lipinski definition) is 1. The zero-order valence-electron chi connectivity index (χ0n) is 17.1. The van der Waals surface area contributed by atoms with Crippen LogP contribution in [0.3, 0.4) is 0 Å². The molecular formula is C23H27NO5S. The summed E-state index contributed by atoms with van der Waals surface area (Å²) in [6.45, 7) is 2.04. The SMILES string of the molecule is CCC(=O)c1ccc(CC(=O)Cc2ccc(S(=O)(=O)N3CCC[C@@H]3CO)cc2)cc1. The van der Waals surface area contributed by atoms with E-state index in [-0.39, 0.29) is 42.0 Å². The van der Waals surface area contributed by atoms with E-state index in [1.165, 1.54) is 16.4 Å². The second-order valence-electron chi connectivity index (χ2n) is 7.60. The van der Waals surface area contributed by atoms with Crippen molar-refractivity contribution in [2.45, 2.75) is 50.0 Å². The number of sulfonamides is 1. The second kappa shape index (κ2) is 9.64. The zero-order chi connectivity index (χ0) is 21.7. The molecule has 1 N–H and O–H groups in total. The third kappa shape index (κ3) is 5.03. The summed E-state index contributed by atoms with van der Waals surface area (Å²) in [7, 11) is -3.65. The van der Waals surface area contributed by atoms with Gasteiger partial charge in [0.2, 0.25) is 10.0 Å². The number of ketones is 2. The van der Waals surface area contributed by atoms with Crippen molar-refractivity contribution in [2.75, 3.05) is 13.2 Å². The van der Waals surface area contributed by atoms with Crippen LogP contribution >= 0.6 is 0 Å². The lowest BCUT2D eigenvalue weighted by Crippen LogP contribution is -2.37. The Kier molecular flexibility index (Phi) is 7.18. The Morgan fingerprint density at radius 3 is 2.10 bits per heavy atom. The van der Waals surface area contributed by atoms with E-state index in [1.807, 2.05) is 6.92 Å². The minimum absolute atomic E-state index is 0.0139. The van der Waals surface area contributed by atoms with Gasteiger partial charge in [-0.25, -0.2) is 8.42 Å². The van der Waals surface area contributed by atoms with Crippen molar-refractivity contribution in [2.24, 2.45) is 0 Å². The third-order valence-corrected chi connectivity index (χ3v) is 7.43.